The lowest BCUT2D eigenvalue weighted by Gasteiger charge is -2.11. The monoisotopic (exact) mass is 442 g/mol. The molecule has 0 atom stereocenters. The van der Waals surface area contributed by atoms with Gasteiger partial charge in [0.15, 0.2) is 16.6 Å². The highest BCUT2D eigenvalue weighted by molar-refractivity contribution is 7.14. The molecule has 160 valence electrons. The highest BCUT2D eigenvalue weighted by Crippen LogP contribution is 2.29. The Morgan fingerprint density at radius 3 is 2.50 bits per heavy atom. The van der Waals surface area contributed by atoms with E-state index in [2.05, 4.69) is 10.3 Å². The van der Waals surface area contributed by atoms with Crippen LogP contribution in [0.5, 0.6) is 11.5 Å². The number of carbonyl (C=O) groups excluding carboxylic acids is 1. The lowest BCUT2D eigenvalue weighted by Crippen LogP contribution is -2.07. The molecule has 3 aromatic carbocycles. The average Bonchev–Trinajstić information content (AvgIpc) is 3.31. The van der Waals surface area contributed by atoms with Gasteiger partial charge in [0.05, 0.1) is 12.8 Å². The Morgan fingerprint density at radius 2 is 1.75 bits per heavy atom. The van der Waals surface area contributed by atoms with Gasteiger partial charge < -0.3 is 9.47 Å². The summed E-state index contributed by atoms with van der Waals surface area (Å²) >= 11 is 1.39. The molecule has 0 aliphatic rings. The third-order valence-electron chi connectivity index (χ3n) is 4.66. The van der Waals surface area contributed by atoms with Crippen LogP contribution in [0.1, 0.15) is 11.1 Å². The first-order chi connectivity index (χ1) is 15.7. The van der Waals surface area contributed by atoms with E-state index in [0.717, 1.165) is 22.4 Å². The molecule has 1 aromatic heterocycles. The molecular weight excluding hydrogens is 420 g/mol. The van der Waals surface area contributed by atoms with Crippen LogP contribution in [0.25, 0.3) is 17.3 Å². The van der Waals surface area contributed by atoms with Crippen molar-refractivity contribution in [2.45, 2.75) is 6.61 Å². The first-order valence-electron chi connectivity index (χ1n) is 10.1. The first-order valence-corrected chi connectivity index (χ1v) is 10.9. The summed E-state index contributed by atoms with van der Waals surface area (Å²) in [7, 11) is 1.59. The van der Waals surface area contributed by atoms with E-state index in [1.54, 1.807) is 13.2 Å². The fourth-order valence-corrected chi connectivity index (χ4v) is 3.76. The molecular formula is C26H22N2O3S. The SMILES string of the molecule is COc1cc(/C=C/C(=O)Nc2nc(-c3ccccc3)cs2)ccc1OCc1ccccc1. The quantitative estimate of drug-likeness (QED) is 0.338. The molecule has 0 radical (unpaired) electrons. The molecule has 0 bridgehead atoms. The van der Waals surface area contributed by atoms with Crippen molar-refractivity contribution in [1.82, 2.24) is 4.98 Å². The summed E-state index contributed by atoms with van der Waals surface area (Å²) in [6.07, 6.45) is 3.20. The van der Waals surface area contributed by atoms with Crippen LogP contribution in [-0.4, -0.2) is 18.0 Å². The molecule has 5 nitrogen and oxygen atoms in total. The molecule has 4 rings (SSSR count). The molecule has 0 aliphatic carbocycles. The van der Waals surface area contributed by atoms with E-state index in [1.807, 2.05) is 84.2 Å². The second-order valence-electron chi connectivity index (χ2n) is 6.91. The molecule has 0 saturated heterocycles. The van der Waals surface area contributed by atoms with Crippen LogP contribution in [0.3, 0.4) is 0 Å². The van der Waals surface area contributed by atoms with Gasteiger partial charge in [-0.3, -0.25) is 10.1 Å². The molecule has 4 aromatic rings. The van der Waals surface area contributed by atoms with Crippen molar-refractivity contribution < 1.29 is 14.3 Å². The van der Waals surface area contributed by atoms with Gasteiger partial charge in [0.1, 0.15) is 6.61 Å². The summed E-state index contributed by atoms with van der Waals surface area (Å²) in [5.74, 6) is 1.01. The van der Waals surface area contributed by atoms with Crippen molar-refractivity contribution in [3.63, 3.8) is 0 Å². The van der Waals surface area contributed by atoms with Gasteiger partial charge in [0.25, 0.3) is 0 Å². The molecule has 6 heteroatoms. The second-order valence-corrected chi connectivity index (χ2v) is 7.77. The van der Waals surface area contributed by atoms with E-state index in [0.29, 0.717) is 23.2 Å². The molecule has 0 aliphatic heterocycles. The van der Waals surface area contributed by atoms with Gasteiger partial charge in [-0.15, -0.1) is 11.3 Å². The molecule has 1 N–H and O–H groups in total. The van der Waals surface area contributed by atoms with Gasteiger partial charge in [-0.2, -0.15) is 0 Å². The van der Waals surface area contributed by atoms with Crippen molar-refractivity contribution >= 4 is 28.5 Å². The highest BCUT2D eigenvalue weighted by atomic mass is 32.1. The van der Waals surface area contributed by atoms with Crippen LogP contribution < -0.4 is 14.8 Å². The summed E-state index contributed by atoms with van der Waals surface area (Å²) in [6.45, 7) is 0.452. The van der Waals surface area contributed by atoms with Crippen molar-refractivity contribution in [2.75, 3.05) is 12.4 Å². The Morgan fingerprint density at radius 1 is 1.00 bits per heavy atom. The van der Waals surface area contributed by atoms with Crippen LogP contribution >= 0.6 is 11.3 Å². The zero-order valence-electron chi connectivity index (χ0n) is 17.5. The smallest absolute Gasteiger partial charge is 0.250 e. The summed E-state index contributed by atoms with van der Waals surface area (Å²) in [4.78, 5) is 16.8. The fourth-order valence-electron chi connectivity index (χ4n) is 3.03. The number of hydrogen-bond acceptors (Lipinski definition) is 5. The number of hydrogen-bond donors (Lipinski definition) is 1. The Balaban J connectivity index is 1.37. The third kappa shape index (κ3) is 5.62. The van der Waals surface area contributed by atoms with E-state index in [1.165, 1.54) is 17.4 Å². The van der Waals surface area contributed by atoms with E-state index in [9.17, 15) is 4.79 Å². The number of ether oxygens (including phenoxy) is 2. The summed E-state index contributed by atoms with van der Waals surface area (Å²) < 4.78 is 11.3. The number of aromatic nitrogens is 1. The molecule has 1 heterocycles. The number of rotatable bonds is 8. The van der Waals surface area contributed by atoms with Gasteiger partial charge in [0, 0.05) is 17.0 Å². The van der Waals surface area contributed by atoms with Gasteiger partial charge in [-0.25, -0.2) is 4.98 Å². The second kappa shape index (κ2) is 10.4. The molecule has 0 unspecified atom stereocenters. The van der Waals surface area contributed by atoms with Crippen molar-refractivity contribution in [3.05, 3.63) is 101 Å². The van der Waals surface area contributed by atoms with Gasteiger partial charge >= 0.3 is 0 Å². The number of nitrogens with zero attached hydrogens (tertiary/aromatic N) is 1. The van der Waals surface area contributed by atoms with E-state index in [-0.39, 0.29) is 5.91 Å². The van der Waals surface area contributed by atoms with E-state index in [4.69, 9.17) is 9.47 Å². The van der Waals surface area contributed by atoms with Crippen LogP contribution in [0.15, 0.2) is 90.3 Å². The number of anilines is 1. The summed E-state index contributed by atoms with van der Waals surface area (Å²) in [5.41, 5.74) is 3.76. The Kier molecular flexibility index (Phi) is 6.94. The normalized spacial score (nSPS) is 10.8. The van der Waals surface area contributed by atoms with Gasteiger partial charge in [-0.1, -0.05) is 66.7 Å². The number of nitrogens with one attached hydrogen (secondary N) is 1. The minimum absolute atomic E-state index is 0.248. The lowest BCUT2D eigenvalue weighted by atomic mass is 10.2. The topological polar surface area (TPSA) is 60.5 Å². The van der Waals surface area contributed by atoms with E-state index >= 15 is 0 Å². The minimum Gasteiger partial charge on any atom is -0.493 e. The summed E-state index contributed by atoms with van der Waals surface area (Å²) in [5, 5.41) is 5.29. The molecule has 32 heavy (non-hydrogen) atoms. The maximum Gasteiger partial charge on any atom is 0.250 e. The number of amides is 1. The standard InChI is InChI=1S/C26H22N2O3S/c1-30-24-16-19(12-14-23(24)31-17-20-8-4-2-5-9-20)13-15-25(29)28-26-27-22(18-32-26)21-10-6-3-7-11-21/h2-16,18H,17H2,1H3,(H,27,28,29)/b15-13+. The van der Waals surface area contributed by atoms with E-state index < -0.39 is 0 Å². The zero-order valence-corrected chi connectivity index (χ0v) is 18.3. The number of methoxy groups -OCH3 is 1. The number of carbonyl (C=O) groups is 1. The number of thiazole rings is 1. The first kappa shape index (κ1) is 21.3. The summed E-state index contributed by atoms with van der Waals surface area (Å²) in [6, 6.07) is 25.3. The maximum atomic E-state index is 12.3. The van der Waals surface area contributed by atoms with Crippen LogP contribution in [-0.2, 0) is 11.4 Å². The van der Waals surface area contributed by atoms with Crippen molar-refractivity contribution in [3.8, 4) is 22.8 Å². The molecule has 1 amide bonds. The van der Waals surface area contributed by atoms with Crippen molar-refractivity contribution in [1.29, 1.82) is 0 Å². The fraction of sp³-hybridized carbons (Fsp3) is 0.0769. The Bertz CT molecular complexity index is 1200. The maximum absolute atomic E-state index is 12.3. The molecule has 0 fully saturated rings. The van der Waals surface area contributed by atoms with Crippen LogP contribution in [0.4, 0.5) is 5.13 Å². The van der Waals surface area contributed by atoms with Crippen LogP contribution in [0.2, 0.25) is 0 Å². The van der Waals surface area contributed by atoms with Crippen LogP contribution in [0, 0.1) is 0 Å². The molecule has 0 saturated carbocycles. The predicted octanol–water partition coefficient (Wildman–Crippen LogP) is 6.05. The van der Waals surface area contributed by atoms with Gasteiger partial charge in [0.2, 0.25) is 5.91 Å². The van der Waals surface area contributed by atoms with Gasteiger partial charge in [-0.05, 0) is 29.3 Å². The Hall–Kier alpha value is -3.90. The largest absolute Gasteiger partial charge is 0.493 e. The average molecular weight is 443 g/mol. The molecule has 0 spiro atoms. The number of benzene rings is 3. The third-order valence-corrected chi connectivity index (χ3v) is 5.41. The highest BCUT2D eigenvalue weighted by Gasteiger charge is 2.08. The van der Waals surface area contributed by atoms with Crippen molar-refractivity contribution in [2.24, 2.45) is 0 Å². The lowest BCUT2D eigenvalue weighted by molar-refractivity contribution is -0.111. The Labute approximate surface area is 191 Å². The predicted molar refractivity (Wildman–Crippen MR) is 129 cm³/mol. The minimum atomic E-state index is -0.248. The zero-order chi connectivity index (χ0) is 22.2.